The molecule has 0 saturated carbocycles. The van der Waals surface area contributed by atoms with Crippen molar-refractivity contribution in [3.05, 3.63) is 32.8 Å². The fourth-order valence-electron chi connectivity index (χ4n) is 0.789. The SMILES string of the molecule is Cc1cc(Cl)c(Br)cc1C=O. The number of carbonyl (C=O) groups excluding carboxylic acids is 1. The van der Waals surface area contributed by atoms with E-state index in [1.807, 2.05) is 6.92 Å². The molecule has 58 valence electrons. The van der Waals surface area contributed by atoms with E-state index in [0.29, 0.717) is 10.6 Å². The third-order valence-electron chi connectivity index (χ3n) is 1.44. The standard InChI is InChI=1S/C8H6BrClO/c1-5-2-8(10)7(9)3-6(5)4-11/h2-4H,1H3. The van der Waals surface area contributed by atoms with Crippen LogP contribution in [0.25, 0.3) is 0 Å². The highest BCUT2D eigenvalue weighted by molar-refractivity contribution is 9.10. The van der Waals surface area contributed by atoms with Gasteiger partial charge < -0.3 is 0 Å². The van der Waals surface area contributed by atoms with Gasteiger partial charge in [0.2, 0.25) is 0 Å². The first-order valence-electron chi connectivity index (χ1n) is 3.06. The van der Waals surface area contributed by atoms with Crippen molar-refractivity contribution >= 4 is 33.8 Å². The van der Waals surface area contributed by atoms with Gasteiger partial charge >= 0.3 is 0 Å². The number of halogens is 2. The number of rotatable bonds is 1. The molecular weight excluding hydrogens is 227 g/mol. The van der Waals surface area contributed by atoms with Crippen LogP contribution in [0.3, 0.4) is 0 Å². The van der Waals surface area contributed by atoms with Crippen LogP contribution >= 0.6 is 27.5 Å². The van der Waals surface area contributed by atoms with Crippen LogP contribution in [0, 0.1) is 6.92 Å². The Kier molecular flexibility index (Phi) is 2.68. The van der Waals surface area contributed by atoms with Gasteiger partial charge in [-0.1, -0.05) is 11.6 Å². The summed E-state index contributed by atoms with van der Waals surface area (Å²) >= 11 is 9.01. The summed E-state index contributed by atoms with van der Waals surface area (Å²) in [6.07, 6.45) is 0.816. The van der Waals surface area contributed by atoms with E-state index in [9.17, 15) is 4.79 Å². The molecule has 0 amide bonds. The number of carbonyl (C=O) groups is 1. The summed E-state index contributed by atoms with van der Waals surface area (Å²) in [6.45, 7) is 1.85. The van der Waals surface area contributed by atoms with Crippen molar-refractivity contribution in [3.8, 4) is 0 Å². The average Bonchev–Trinajstić information content (AvgIpc) is 1.97. The van der Waals surface area contributed by atoms with E-state index in [0.717, 1.165) is 16.3 Å². The maximum atomic E-state index is 10.4. The fraction of sp³-hybridized carbons (Fsp3) is 0.125. The molecule has 0 aromatic heterocycles. The van der Waals surface area contributed by atoms with Crippen molar-refractivity contribution in [1.82, 2.24) is 0 Å². The number of benzene rings is 1. The Morgan fingerprint density at radius 1 is 1.55 bits per heavy atom. The number of aldehydes is 1. The monoisotopic (exact) mass is 232 g/mol. The van der Waals surface area contributed by atoms with Crippen molar-refractivity contribution in [2.45, 2.75) is 6.92 Å². The van der Waals surface area contributed by atoms with Crippen LogP contribution < -0.4 is 0 Å². The number of hydrogen-bond acceptors (Lipinski definition) is 1. The molecule has 0 aliphatic rings. The second kappa shape index (κ2) is 3.37. The summed E-state index contributed by atoms with van der Waals surface area (Å²) in [5.74, 6) is 0. The molecule has 0 spiro atoms. The summed E-state index contributed by atoms with van der Waals surface area (Å²) in [6, 6.07) is 3.47. The highest BCUT2D eigenvalue weighted by atomic mass is 79.9. The van der Waals surface area contributed by atoms with Crippen molar-refractivity contribution in [1.29, 1.82) is 0 Å². The lowest BCUT2D eigenvalue weighted by molar-refractivity contribution is 0.112. The van der Waals surface area contributed by atoms with Crippen LogP contribution in [0.2, 0.25) is 5.02 Å². The third-order valence-corrected chi connectivity index (χ3v) is 2.63. The quantitative estimate of drug-likeness (QED) is 0.681. The largest absolute Gasteiger partial charge is 0.298 e. The summed E-state index contributed by atoms with van der Waals surface area (Å²) in [5, 5.41) is 0.633. The molecule has 1 rings (SSSR count). The second-order valence-electron chi connectivity index (χ2n) is 2.24. The molecule has 0 bridgehead atoms. The normalized spacial score (nSPS) is 9.73. The van der Waals surface area contributed by atoms with E-state index in [2.05, 4.69) is 15.9 Å². The second-order valence-corrected chi connectivity index (χ2v) is 3.50. The predicted octanol–water partition coefficient (Wildman–Crippen LogP) is 3.22. The van der Waals surface area contributed by atoms with Gasteiger partial charge in [-0.15, -0.1) is 0 Å². The minimum atomic E-state index is 0.633. The first-order chi connectivity index (χ1) is 5.15. The first kappa shape index (κ1) is 8.75. The Balaban J connectivity index is 3.31. The highest BCUT2D eigenvalue weighted by Crippen LogP contribution is 2.25. The molecule has 11 heavy (non-hydrogen) atoms. The smallest absolute Gasteiger partial charge is 0.150 e. The van der Waals surface area contributed by atoms with Gasteiger partial charge in [0.05, 0.1) is 5.02 Å². The molecule has 0 unspecified atom stereocenters. The van der Waals surface area contributed by atoms with Crippen LogP contribution in [-0.2, 0) is 0 Å². The van der Waals surface area contributed by atoms with Gasteiger partial charge in [-0.2, -0.15) is 0 Å². The number of aryl methyl sites for hydroxylation is 1. The van der Waals surface area contributed by atoms with E-state index in [-0.39, 0.29) is 0 Å². The van der Waals surface area contributed by atoms with Gasteiger partial charge in [0.1, 0.15) is 6.29 Å². The van der Waals surface area contributed by atoms with Crippen LogP contribution in [0.5, 0.6) is 0 Å². The molecule has 0 radical (unpaired) electrons. The van der Waals surface area contributed by atoms with Gasteiger partial charge in [0.25, 0.3) is 0 Å². The Morgan fingerprint density at radius 3 is 2.73 bits per heavy atom. The van der Waals surface area contributed by atoms with E-state index >= 15 is 0 Å². The molecule has 0 heterocycles. The van der Waals surface area contributed by atoms with E-state index in [1.165, 1.54) is 0 Å². The van der Waals surface area contributed by atoms with Crippen molar-refractivity contribution < 1.29 is 4.79 Å². The zero-order chi connectivity index (χ0) is 8.43. The maximum absolute atomic E-state index is 10.4. The summed E-state index contributed by atoms with van der Waals surface area (Å²) in [7, 11) is 0. The molecule has 1 aromatic rings. The molecule has 0 atom stereocenters. The van der Waals surface area contributed by atoms with Crippen LogP contribution in [0.15, 0.2) is 16.6 Å². The van der Waals surface area contributed by atoms with Crippen molar-refractivity contribution in [2.75, 3.05) is 0 Å². The minimum absolute atomic E-state index is 0.633. The Hall–Kier alpha value is -0.340. The third kappa shape index (κ3) is 1.82. The molecule has 0 N–H and O–H groups in total. The molecule has 3 heteroatoms. The zero-order valence-electron chi connectivity index (χ0n) is 5.90. The summed E-state index contributed by atoms with van der Waals surface area (Å²) in [5.41, 5.74) is 1.56. The van der Waals surface area contributed by atoms with Crippen molar-refractivity contribution in [3.63, 3.8) is 0 Å². The summed E-state index contributed by atoms with van der Waals surface area (Å²) < 4.78 is 0.756. The molecule has 0 saturated heterocycles. The minimum Gasteiger partial charge on any atom is -0.298 e. The topological polar surface area (TPSA) is 17.1 Å². The van der Waals surface area contributed by atoms with Crippen molar-refractivity contribution in [2.24, 2.45) is 0 Å². The van der Waals surface area contributed by atoms with Gasteiger partial charge in [0, 0.05) is 10.0 Å². The Bertz CT molecular complexity index is 296. The molecule has 0 aliphatic carbocycles. The number of hydrogen-bond donors (Lipinski definition) is 0. The lowest BCUT2D eigenvalue weighted by atomic mass is 10.1. The highest BCUT2D eigenvalue weighted by Gasteiger charge is 2.01. The van der Waals surface area contributed by atoms with Gasteiger partial charge in [0.15, 0.2) is 0 Å². The molecule has 1 aromatic carbocycles. The zero-order valence-corrected chi connectivity index (χ0v) is 8.24. The van der Waals surface area contributed by atoms with Crippen LogP contribution in [0.4, 0.5) is 0 Å². The molecule has 1 nitrogen and oxygen atoms in total. The van der Waals surface area contributed by atoms with Gasteiger partial charge in [-0.05, 0) is 40.5 Å². The Labute approximate surface area is 78.5 Å². The average molecular weight is 233 g/mol. The van der Waals surface area contributed by atoms with E-state index in [4.69, 9.17) is 11.6 Å². The van der Waals surface area contributed by atoms with Gasteiger partial charge in [-0.3, -0.25) is 4.79 Å². The summed E-state index contributed by atoms with van der Waals surface area (Å²) in [4.78, 5) is 10.4. The fourth-order valence-corrected chi connectivity index (χ4v) is 1.37. The Morgan fingerprint density at radius 2 is 2.18 bits per heavy atom. The first-order valence-corrected chi connectivity index (χ1v) is 4.23. The van der Waals surface area contributed by atoms with E-state index in [1.54, 1.807) is 12.1 Å². The van der Waals surface area contributed by atoms with Gasteiger partial charge in [-0.25, -0.2) is 0 Å². The molecular formula is C8H6BrClO. The molecule has 0 aliphatic heterocycles. The predicted molar refractivity (Wildman–Crippen MR) is 49.3 cm³/mol. The lowest BCUT2D eigenvalue weighted by Crippen LogP contribution is -1.85. The maximum Gasteiger partial charge on any atom is 0.150 e. The van der Waals surface area contributed by atoms with E-state index < -0.39 is 0 Å². The molecule has 0 fully saturated rings. The van der Waals surface area contributed by atoms with Crippen LogP contribution in [-0.4, -0.2) is 6.29 Å². The lowest BCUT2D eigenvalue weighted by Gasteiger charge is -2.00. The van der Waals surface area contributed by atoms with Crippen LogP contribution in [0.1, 0.15) is 15.9 Å².